The summed E-state index contributed by atoms with van der Waals surface area (Å²) in [5.74, 6) is 0.731. The van der Waals surface area contributed by atoms with Crippen LogP contribution in [0.3, 0.4) is 0 Å². The number of benzene rings is 2. The van der Waals surface area contributed by atoms with Gasteiger partial charge in [-0.25, -0.2) is 0 Å². The second-order valence-electron chi connectivity index (χ2n) is 6.21. The Balaban J connectivity index is 1.59. The third-order valence-corrected chi connectivity index (χ3v) is 4.87. The molecule has 4 heteroatoms. The highest BCUT2D eigenvalue weighted by Crippen LogP contribution is 2.30. The van der Waals surface area contributed by atoms with Crippen LogP contribution in [0.2, 0.25) is 5.02 Å². The van der Waals surface area contributed by atoms with Crippen molar-refractivity contribution in [3.8, 4) is 11.5 Å². The lowest BCUT2D eigenvalue weighted by Gasteiger charge is -2.23. The molecule has 1 N–H and O–H groups in total. The molecule has 0 fully saturated rings. The Morgan fingerprint density at radius 1 is 1.17 bits per heavy atom. The number of aryl methyl sites for hydroxylation is 1. The van der Waals surface area contributed by atoms with Crippen LogP contribution in [0.4, 0.5) is 0 Å². The molecule has 1 aliphatic heterocycles. The van der Waals surface area contributed by atoms with Crippen molar-refractivity contribution in [2.75, 3.05) is 7.11 Å². The molecular weight excluding hydrogens is 310 g/mol. The molecule has 0 radical (unpaired) electrons. The summed E-state index contributed by atoms with van der Waals surface area (Å²) in [6, 6.07) is 12.2. The highest BCUT2D eigenvalue weighted by molar-refractivity contribution is 6.30. The fourth-order valence-corrected chi connectivity index (χ4v) is 3.33. The number of aromatic hydroxyl groups is 1. The average Bonchev–Trinajstić information content (AvgIpc) is 2.97. The predicted molar refractivity (Wildman–Crippen MR) is 93.1 cm³/mol. The van der Waals surface area contributed by atoms with E-state index in [0.717, 1.165) is 31.0 Å². The van der Waals surface area contributed by atoms with Crippen molar-refractivity contribution in [3.05, 3.63) is 58.1 Å². The second-order valence-corrected chi connectivity index (χ2v) is 6.65. The smallest absolute Gasteiger partial charge is 0.160 e. The average molecular weight is 332 g/mol. The van der Waals surface area contributed by atoms with Crippen molar-refractivity contribution >= 4 is 11.6 Å². The zero-order valence-corrected chi connectivity index (χ0v) is 14.3. The Kier molecular flexibility index (Phi) is 4.79. The third kappa shape index (κ3) is 3.62. The Bertz CT molecular complexity index is 702. The minimum Gasteiger partial charge on any atom is -0.504 e. The fraction of sp³-hybridized carbons (Fsp3) is 0.368. The van der Waals surface area contributed by atoms with Crippen molar-refractivity contribution in [2.45, 2.75) is 38.9 Å². The zero-order valence-electron chi connectivity index (χ0n) is 13.6. The maximum Gasteiger partial charge on any atom is 0.160 e. The van der Waals surface area contributed by atoms with Gasteiger partial charge in [-0.15, -0.1) is 0 Å². The molecule has 3 rings (SSSR count). The Hall–Kier alpha value is -1.71. The van der Waals surface area contributed by atoms with E-state index in [2.05, 4.69) is 24.0 Å². The van der Waals surface area contributed by atoms with Gasteiger partial charge in [-0.1, -0.05) is 23.7 Å². The van der Waals surface area contributed by atoms with Crippen LogP contribution in [0.15, 0.2) is 36.4 Å². The monoisotopic (exact) mass is 331 g/mol. The lowest BCUT2D eigenvalue weighted by molar-refractivity contribution is 0.203. The maximum absolute atomic E-state index is 9.66. The van der Waals surface area contributed by atoms with E-state index in [0.29, 0.717) is 11.8 Å². The molecule has 3 nitrogen and oxygen atoms in total. The van der Waals surface area contributed by atoms with Crippen molar-refractivity contribution in [3.63, 3.8) is 0 Å². The van der Waals surface area contributed by atoms with Gasteiger partial charge in [0.25, 0.3) is 0 Å². The lowest BCUT2D eigenvalue weighted by atomic mass is 10.0. The molecule has 2 aromatic rings. The minimum atomic E-state index is 0.191. The molecular formula is C19H22ClNO2. The number of methoxy groups -OCH3 is 1. The number of hydrogen-bond acceptors (Lipinski definition) is 3. The topological polar surface area (TPSA) is 32.7 Å². The number of phenolic OH excluding ortho intramolecular Hbond substituents is 1. The molecule has 2 aromatic carbocycles. The Morgan fingerprint density at radius 2 is 1.96 bits per heavy atom. The number of hydrogen-bond donors (Lipinski definition) is 1. The molecule has 0 aromatic heterocycles. The van der Waals surface area contributed by atoms with Crippen LogP contribution in [-0.4, -0.2) is 23.2 Å². The lowest BCUT2D eigenvalue weighted by Crippen LogP contribution is -2.28. The van der Waals surface area contributed by atoms with E-state index >= 15 is 0 Å². The van der Waals surface area contributed by atoms with E-state index in [1.165, 1.54) is 16.7 Å². The number of ether oxygens (including phenoxy) is 1. The molecule has 1 heterocycles. The van der Waals surface area contributed by atoms with Crippen LogP contribution in [0.1, 0.15) is 30.0 Å². The van der Waals surface area contributed by atoms with Crippen LogP contribution in [0.25, 0.3) is 0 Å². The highest BCUT2D eigenvalue weighted by atomic mass is 35.5. The summed E-state index contributed by atoms with van der Waals surface area (Å²) in [5, 5.41) is 10.5. The van der Waals surface area contributed by atoms with Crippen molar-refractivity contribution in [1.29, 1.82) is 0 Å². The SMILES string of the molecule is COc1cc(CCC(C)N2Cc3ccc(Cl)cc3C2)ccc1O. The number of halogens is 1. The molecule has 0 saturated carbocycles. The first-order chi connectivity index (χ1) is 11.1. The molecule has 1 unspecified atom stereocenters. The number of nitrogens with zero attached hydrogens (tertiary/aromatic N) is 1. The minimum absolute atomic E-state index is 0.191. The van der Waals surface area contributed by atoms with E-state index in [4.69, 9.17) is 16.3 Å². The van der Waals surface area contributed by atoms with Gasteiger partial charge in [0, 0.05) is 24.2 Å². The predicted octanol–water partition coefficient (Wildman–Crippen LogP) is 4.39. The molecule has 23 heavy (non-hydrogen) atoms. The van der Waals surface area contributed by atoms with E-state index in [1.54, 1.807) is 13.2 Å². The van der Waals surface area contributed by atoms with Gasteiger partial charge in [-0.05, 0) is 60.7 Å². The maximum atomic E-state index is 9.66. The summed E-state index contributed by atoms with van der Waals surface area (Å²) in [6.45, 7) is 4.23. The first-order valence-electron chi connectivity index (χ1n) is 7.94. The second kappa shape index (κ2) is 6.81. The van der Waals surface area contributed by atoms with Crippen molar-refractivity contribution in [2.24, 2.45) is 0 Å². The highest BCUT2D eigenvalue weighted by Gasteiger charge is 2.23. The van der Waals surface area contributed by atoms with Gasteiger partial charge in [0.15, 0.2) is 11.5 Å². The standard InChI is InChI=1S/C19H22ClNO2/c1-13(3-4-14-5-8-18(22)19(9-14)23-2)21-11-15-6-7-17(20)10-16(15)12-21/h5-10,13,22H,3-4,11-12H2,1-2H3. The number of rotatable bonds is 5. The van der Waals surface area contributed by atoms with E-state index in [-0.39, 0.29) is 5.75 Å². The van der Waals surface area contributed by atoms with Gasteiger partial charge in [0.2, 0.25) is 0 Å². The molecule has 122 valence electrons. The number of fused-ring (bicyclic) bond motifs is 1. The fourth-order valence-electron chi connectivity index (χ4n) is 3.14. The van der Waals surface area contributed by atoms with Gasteiger partial charge in [0.1, 0.15) is 0 Å². The molecule has 1 aliphatic rings. The largest absolute Gasteiger partial charge is 0.504 e. The third-order valence-electron chi connectivity index (χ3n) is 4.63. The van der Waals surface area contributed by atoms with Gasteiger partial charge >= 0.3 is 0 Å². The van der Waals surface area contributed by atoms with Crippen LogP contribution in [0.5, 0.6) is 11.5 Å². The van der Waals surface area contributed by atoms with Crippen LogP contribution in [-0.2, 0) is 19.5 Å². The van der Waals surface area contributed by atoms with Crippen molar-refractivity contribution in [1.82, 2.24) is 4.90 Å². The van der Waals surface area contributed by atoms with E-state index < -0.39 is 0 Å². The summed E-state index contributed by atoms with van der Waals surface area (Å²) in [6.07, 6.45) is 2.03. The summed E-state index contributed by atoms with van der Waals surface area (Å²) < 4.78 is 5.17. The molecule has 0 bridgehead atoms. The van der Waals surface area contributed by atoms with Gasteiger partial charge in [-0.3, -0.25) is 4.90 Å². The first kappa shape index (κ1) is 16.2. The number of phenols is 1. The summed E-state index contributed by atoms with van der Waals surface area (Å²) in [4.78, 5) is 2.48. The molecule has 0 saturated heterocycles. The van der Waals surface area contributed by atoms with Crippen LogP contribution in [0, 0.1) is 0 Å². The first-order valence-corrected chi connectivity index (χ1v) is 8.32. The normalized spacial score (nSPS) is 15.4. The summed E-state index contributed by atoms with van der Waals surface area (Å²) in [7, 11) is 1.58. The Labute approximate surface area is 142 Å². The zero-order chi connectivity index (χ0) is 16.4. The van der Waals surface area contributed by atoms with Crippen molar-refractivity contribution < 1.29 is 9.84 Å². The summed E-state index contributed by atoms with van der Waals surface area (Å²) >= 11 is 6.08. The quantitative estimate of drug-likeness (QED) is 0.882. The molecule has 0 spiro atoms. The Morgan fingerprint density at radius 3 is 2.74 bits per heavy atom. The summed E-state index contributed by atoms with van der Waals surface area (Å²) in [5.41, 5.74) is 3.91. The van der Waals surface area contributed by atoms with Gasteiger partial charge in [-0.2, -0.15) is 0 Å². The molecule has 0 amide bonds. The van der Waals surface area contributed by atoms with Gasteiger partial charge < -0.3 is 9.84 Å². The molecule has 0 aliphatic carbocycles. The van der Waals surface area contributed by atoms with Gasteiger partial charge in [0.05, 0.1) is 7.11 Å². The molecule has 1 atom stereocenters. The van der Waals surface area contributed by atoms with Crippen LogP contribution >= 0.6 is 11.6 Å². The van der Waals surface area contributed by atoms with E-state index in [9.17, 15) is 5.11 Å². The van der Waals surface area contributed by atoms with E-state index in [1.807, 2.05) is 18.2 Å². The van der Waals surface area contributed by atoms with Crippen LogP contribution < -0.4 is 4.74 Å².